The lowest BCUT2D eigenvalue weighted by Gasteiger charge is -2.07. The molecular formula is C33H22FN2O2+. The van der Waals surface area contributed by atoms with Crippen LogP contribution in [0.2, 0.25) is 0 Å². The molecule has 0 amide bonds. The number of nitrogens with zero attached hydrogens (tertiary/aromatic N) is 2. The molecule has 5 heteroatoms. The molecule has 4 aromatic carbocycles. The van der Waals surface area contributed by atoms with E-state index in [0.29, 0.717) is 39.1 Å². The average Bonchev–Trinajstić information content (AvgIpc) is 3.50. The zero-order chi connectivity index (χ0) is 28.6. The van der Waals surface area contributed by atoms with Crippen molar-refractivity contribution < 1.29 is 21.9 Å². The van der Waals surface area contributed by atoms with Crippen molar-refractivity contribution in [2.75, 3.05) is 0 Å². The molecule has 3 aromatic heterocycles. The van der Waals surface area contributed by atoms with Crippen molar-refractivity contribution in [3.05, 3.63) is 102 Å². The number of fused-ring (bicyclic) bond motifs is 6. The van der Waals surface area contributed by atoms with Crippen LogP contribution in [0.1, 0.15) is 20.8 Å². The summed E-state index contributed by atoms with van der Waals surface area (Å²) in [6.45, 7) is -0.718. The van der Waals surface area contributed by atoms with Crippen LogP contribution in [-0.2, 0) is 7.05 Å². The monoisotopic (exact) mass is 500 g/mol. The van der Waals surface area contributed by atoms with E-state index >= 15 is 0 Å². The van der Waals surface area contributed by atoms with Gasteiger partial charge in [0.15, 0.2) is 5.82 Å². The molecule has 0 aliphatic carbocycles. The number of aromatic nitrogens is 1. The third-order valence-corrected chi connectivity index (χ3v) is 7.29. The first-order valence-electron chi connectivity index (χ1n) is 13.7. The summed E-state index contributed by atoms with van der Waals surface area (Å²) in [5.41, 5.74) is 6.04. The van der Waals surface area contributed by atoms with Crippen LogP contribution >= 0.6 is 0 Å². The van der Waals surface area contributed by atoms with Crippen LogP contribution in [-0.4, -0.2) is 0 Å². The van der Waals surface area contributed by atoms with Gasteiger partial charge in [-0.2, -0.15) is 9.83 Å². The Kier molecular flexibility index (Phi) is 4.05. The minimum Gasteiger partial charge on any atom is -0.456 e. The van der Waals surface area contributed by atoms with Gasteiger partial charge in [0.1, 0.15) is 29.4 Å². The van der Waals surface area contributed by atoms with Gasteiger partial charge >= 0.3 is 0 Å². The van der Waals surface area contributed by atoms with Gasteiger partial charge in [0.25, 0.3) is 0 Å². The van der Waals surface area contributed by atoms with Crippen molar-refractivity contribution in [3.8, 4) is 28.5 Å². The maximum atomic E-state index is 14.7. The van der Waals surface area contributed by atoms with E-state index in [0.717, 1.165) is 38.3 Å². The summed E-state index contributed by atoms with van der Waals surface area (Å²) < 4.78 is 52.5. The number of nitriles is 1. The summed E-state index contributed by atoms with van der Waals surface area (Å²) in [6, 6.07) is 24.9. The Bertz CT molecular complexity index is 2250. The molecule has 0 radical (unpaired) electrons. The first kappa shape index (κ1) is 19.2. The lowest BCUT2D eigenvalue weighted by Crippen LogP contribution is -2.31. The maximum Gasteiger partial charge on any atom is 0.216 e. The number of benzene rings is 4. The minimum absolute atomic E-state index is 0.357. The number of halogens is 1. The second-order valence-corrected chi connectivity index (χ2v) is 9.55. The summed E-state index contributed by atoms with van der Waals surface area (Å²) in [5, 5.41) is 13.7. The quantitative estimate of drug-likeness (QED) is 0.225. The van der Waals surface area contributed by atoms with Crippen molar-refractivity contribution in [1.29, 1.82) is 5.26 Å². The van der Waals surface area contributed by atoms with E-state index in [1.54, 1.807) is 17.7 Å². The Balaban J connectivity index is 1.53. The highest BCUT2D eigenvalue weighted by molar-refractivity contribution is 6.14. The van der Waals surface area contributed by atoms with Gasteiger partial charge in [-0.3, -0.25) is 0 Å². The second-order valence-electron chi connectivity index (χ2n) is 9.55. The van der Waals surface area contributed by atoms with Crippen molar-refractivity contribution >= 4 is 43.9 Å². The van der Waals surface area contributed by atoms with Gasteiger partial charge in [-0.05, 0) is 60.8 Å². The van der Waals surface area contributed by atoms with Crippen molar-refractivity contribution in [3.63, 3.8) is 0 Å². The van der Waals surface area contributed by atoms with E-state index in [2.05, 4.69) is 6.07 Å². The predicted octanol–water partition coefficient (Wildman–Crippen LogP) is 8.27. The molecule has 0 aliphatic heterocycles. The molecule has 0 fully saturated rings. The number of rotatable bonds is 2. The molecule has 0 saturated heterocycles. The highest BCUT2D eigenvalue weighted by atomic mass is 19.1. The molecule has 0 saturated carbocycles. The van der Waals surface area contributed by atoms with Crippen LogP contribution in [0.3, 0.4) is 0 Å². The smallest absolute Gasteiger partial charge is 0.216 e. The summed E-state index contributed by atoms with van der Waals surface area (Å²) >= 11 is 0. The van der Waals surface area contributed by atoms with Crippen LogP contribution in [0.15, 0.2) is 87.8 Å². The molecule has 182 valence electrons. The fourth-order valence-electron chi connectivity index (χ4n) is 5.45. The largest absolute Gasteiger partial charge is 0.456 e. The van der Waals surface area contributed by atoms with Gasteiger partial charge in [-0.15, -0.1) is 0 Å². The molecule has 0 unspecified atom stereocenters. The average molecular weight is 501 g/mol. The van der Waals surface area contributed by atoms with E-state index in [1.807, 2.05) is 67.6 Å². The van der Waals surface area contributed by atoms with E-state index in [-0.39, 0.29) is 5.56 Å². The molecule has 7 aromatic rings. The van der Waals surface area contributed by atoms with Crippen LogP contribution in [0.4, 0.5) is 4.39 Å². The highest BCUT2D eigenvalue weighted by Crippen LogP contribution is 2.43. The summed E-state index contributed by atoms with van der Waals surface area (Å²) in [5.74, 6) is -0.799. The Hall–Kier alpha value is -4.95. The number of hydrogen-bond acceptors (Lipinski definition) is 3. The van der Waals surface area contributed by atoms with Crippen LogP contribution in [0, 0.1) is 30.9 Å². The molecular weight excluding hydrogens is 475 g/mol. The van der Waals surface area contributed by atoms with E-state index in [1.165, 1.54) is 12.3 Å². The van der Waals surface area contributed by atoms with Gasteiger partial charge < -0.3 is 8.83 Å². The first-order valence-corrected chi connectivity index (χ1v) is 12.2. The molecule has 0 atom stereocenters. The lowest BCUT2D eigenvalue weighted by atomic mass is 9.95. The second kappa shape index (κ2) is 8.03. The summed E-state index contributed by atoms with van der Waals surface area (Å²) in [7, 11) is 1.67. The Morgan fingerprint density at radius 1 is 0.816 bits per heavy atom. The molecule has 4 nitrogen and oxygen atoms in total. The van der Waals surface area contributed by atoms with Crippen molar-refractivity contribution in [2.45, 2.75) is 13.8 Å². The van der Waals surface area contributed by atoms with E-state index in [4.69, 9.17) is 12.9 Å². The predicted molar refractivity (Wildman–Crippen MR) is 147 cm³/mol. The minimum atomic E-state index is -2.62. The van der Waals surface area contributed by atoms with Gasteiger partial charge in [-0.1, -0.05) is 36.4 Å². The van der Waals surface area contributed by atoms with Crippen LogP contribution in [0.5, 0.6) is 0 Å². The van der Waals surface area contributed by atoms with Crippen molar-refractivity contribution in [2.24, 2.45) is 7.05 Å². The topological polar surface area (TPSA) is 54.0 Å². The van der Waals surface area contributed by atoms with Crippen LogP contribution in [0.25, 0.3) is 66.3 Å². The fraction of sp³-hybridized carbons (Fsp3) is 0.0909. The molecule has 38 heavy (non-hydrogen) atoms. The van der Waals surface area contributed by atoms with Gasteiger partial charge in [-0.25, -0.2) is 4.39 Å². The fourth-order valence-corrected chi connectivity index (χ4v) is 5.45. The van der Waals surface area contributed by atoms with E-state index < -0.39 is 12.7 Å². The van der Waals surface area contributed by atoms with Crippen LogP contribution < -0.4 is 4.57 Å². The zero-order valence-electron chi connectivity index (χ0n) is 23.6. The third-order valence-electron chi connectivity index (χ3n) is 7.29. The number of pyridine rings is 1. The molecule has 7 rings (SSSR count). The number of furan rings is 2. The SMILES string of the molecule is [2H]C([2H])([2H])c1cc(-c2c(C)ccc3c2oc2c(-c4ccc5c(c4)oc4ccccc45)c(C#N)ccc23)[n+](C)cc1F. The van der Waals surface area contributed by atoms with Gasteiger partial charge in [0.05, 0.1) is 17.2 Å². The number of para-hydroxylation sites is 1. The molecule has 0 N–H and O–H groups in total. The summed E-state index contributed by atoms with van der Waals surface area (Å²) in [6.07, 6.45) is 1.18. The number of hydrogen-bond donors (Lipinski definition) is 0. The molecule has 0 spiro atoms. The lowest BCUT2D eigenvalue weighted by molar-refractivity contribution is -0.662. The van der Waals surface area contributed by atoms with Gasteiger partial charge in [0.2, 0.25) is 11.9 Å². The van der Waals surface area contributed by atoms with Crippen molar-refractivity contribution in [1.82, 2.24) is 0 Å². The Morgan fingerprint density at radius 3 is 2.37 bits per heavy atom. The molecule has 0 bridgehead atoms. The first-order chi connectivity index (χ1) is 19.7. The van der Waals surface area contributed by atoms with Gasteiger partial charge in [0, 0.05) is 37.3 Å². The Morgan fingerprint density at radius 2 is 1.55 bits per heavy atom. The normalized spacial score (nSPS) is 13.2. The Labute approximate surface area is 222 Å². The zero-order valence-corrected chi connectivity index (χ0v) is 20.6. The van der Waals surface area contributed by atoms with E-state index in [9.17, 15) is 9.65 Å². The number of aryl methyl sites for hydroxylation is 3. The highest BCUT2D eigenvalue weighted by Gasteiger charge is 2.24. The molecule has 3 heterocycles. The molecule has 0 aliphatic rings. The maximum absolute atomic E-state index is 14.7. The standard InChI is InChI=1S/C33H22FN2O2/c1-18-8-11-24-25-13-10-21(16-35)31(20-9-12-23-22-6-4-5-7-28(22)37-29(23)15-20)33(25)38-32(24)30(18)27-14-19(2)26(34)17-36(27)3/h4-15,17H,1-3H3/q+1/i2D3. The third kappa shape index (κ3) is 3.10. The summed E-state index contributed by atoms with van der Waals surface area (Å²) in [4.78, 5) is 0.